The van der Waals surface area contributed by atoms with E-state index in [0.717, 1.165) is 17.1 Å². The minimum Gasteiger partial charge on any atom is -0.497 e. The second-order valence-electron chi connectivity index (χ2n) is 7.31. The first-order valence-corrected chi connectivity index (χ1v) is 10.4. The molecular formula is C24H26N4O4. The number of hydrogen-bond acceptors (Lipinski definition) is 7. The number of ether oxygens (including phenoxy) is 3. The summed E-state index contributed by atoms with van der Waals surface area (Å²) >= 11 is 0. The maximum atomic E-state index is 12.5. The van der Waals surface area contributed by atoms with Crippen LogP contribution < -0.4 is 19.1 Å². The third-order valence-corrected chi connectivity index (χ3v) is 5.39. The third kappa shape index (κ3) is 4.91. The van der Waals surface area contributed by atoms with Crippen molar-refractivity contribution in [1.82, 2.24) is 15.1 Å². The average Bonchev–Trinajstić information content (AvgIpc) is 2.87. The zero-order valence-corrected chi connectivity index (χ0v) is 18.2. The van der Waals surface area contributed by atoms with Gasteiger partial charge in [0.2, 0.25) is 0 Å². The second kappa shape index (κ2) is 10.00. The predicted molar refractivity (Wildman–Crippen MR) is 121 cm³/mol. The van der Waals surface area contributed by atoms with E-state index in [1.807, 2.05) is 65.6 Å². The molecule has 4 rings (SSSR count). The number of rotatable bonds is 7. The molecule has 0 aliphatic carbocycles. The molecule has 2 heterocycles. The number of aromatic nitrogens is 2. The molecule has 1 aliphatic heterocycles. The molecule has 0 saturated carbocycles. The number of piperazine rings is 1. The quantitative estimate of drug-likeness (QED) is 0.566. The van der Waals surface area contributed by atoms with Crippen LogP contribution in [0.3, 0.4) is 0 Å². The van der Waals surface area contributed by atoms with Crippen LogP contribution in [0.4, 0.5) is 5.82 Å². The molecule has 1 aliphatic rings. The summed E-state index contributed by atoms with van der Waals surface area (Å²) in [6.45, 7) is 2.65. The molecule has 1 aromatic heterocycles. The first kappa shape index (κ1) is 21.4. The monoisotopic (exact) mass is 434 g/mol. The highest BCUT2D eigenvalue weighted by atomic mass is 16.5. The lowest BCUT2D eigenvalue weighted by Gasteiger charge is -2.35. The molecule has 0 atom stereocenters. The normalized spacial score (nSPS) is 13.6. The number of methoxy groups -OCH3 is 2. The number of carbonyl (C=O) groups excluding carboxylic acids is 1. The van der Waals surface area contributed by atoms with Crippen molar-refractivity contribution in [2.24, 2.45) is 0 Å². The van der Waals surface area contributed by atoms with Gasteiger partial charge >= 0.3 is 0 Å². The molecule has 1 amide bonds. The maximum absolute atomic E-state index is 12.5. The summed E-state index contributed by atoms with van der Waals surface area (Å²) in [7, 11) is 3.25. The minimum absolute atomic E-state index is 0.0138. The van der Waals surface area contributed by atoms with Crippen LogP contribution in [0.2, 0.25) is 0 Å². The van der Waals surface area contributed by atoms with E-state index in [2.05, 4.69) is 15.1 Å². The second-order valence-corrected chi connectivity index (χ2v) is 7.31. The van der Waals surface area contributed by atoms with Gasteiger partial charge in [-0.2, -0.15) is 0 Å². The van der Waals surface area contributed by atoms with Gasteiger partial charge in [-0.15, -0.1) is 10.2 Å². The Labute approximate surface area is 187 Å². The smallest absolute Gasteiger partial charge is 0.260 e. The highest BCUT2D eigenvalue weighted by molar-refractivity contribution is 5.78. The summed E-state index contributed by atoms with van der Waals surface area (Å²) in [4.78, 5) is 16.4. The van der Waals surface area contributed by atoms with E-state index in [4.69, 9.17) is 14.2 Å². The number of para-hydroxylation sites is 1. The molecule has 3 aromatic rings. The first-order valence-electron chi connectivity index (χ1n) is 10.4. The van der Waals surface area contributed by atoms with Gasteiger partial charge in [-0.1, -0.05) is 18.2 Å². The van der Waals surface area contributed by atoms with Crippen LogP contribution in [0.5, 0.6) is 17.2 Å². The van der Waals surface area contributed by atoms with Gasteiger partial charge in [0.1, 0.15) is 17.2 Å². The fourth-order valence-corrected chi connectivity index (χ4v) is 3.59. The number of carbonyl (C=O) groups is 1. The zero-order valence-electron chi connectivity index (χ0n) is 18.2. The number of nitrogens with zero attached hydrogens (tertiary/aromatic N) is 4. The Balaban J connectivity index is 1.35. The molecule has 0 radical (unpaired) electrons. The van der Waals surface area contributed by atoms with E-state index in [1.165, 1.54) is 0 Å². The van der Waals surface area contributed by atoms with Crippen molar-refractivity contribution in [1.29, 1.82) is 0 Å². The van der Waals surface area contributed by atoms with E-state index >= 15 is 0 Å². The molecule has 0 N–H and O–H groups in total. The number of amides is 1. The van der Waals surface area contributed by atoms with E-state index in [9.17, 15) is 4.79 Å². The van der Waals surface area contributed by atoms with E-state index in [0.29, 0.717) is 43.4 Å². The summed E-state index contributed by atoms with van der Waals surface area (Å²) in [6.07, 6.45) is 0. The van der Waals surface area contributed by atoms with Crippen molar-refractivity contribution >= 4 is 11.7 Å². The van der Waals surface area contributed by atoms with Crippen molar-refractivity contribution in [3.63, 3.8) is 0 Å². The lowest BCUT2D eigenvalue weighted by molar-refractivity contribution is -0.133. The van der Waals surface area contributed by atoms with Gasteiger partial charge in [0.15, 0.2) is 12.4 Å². The third-order valence-electron chi connectivity index (χ3n) is 5.39. The van der Waals surface area contributed by atoms with Gasteiger partial charge in [-0.25, -0.2) is 0 Å². The van der Waals surface area contributed by atoms with Crippen LogP contribution in [0.25, 0.3) is 11.3 Å². The highest BCUT2D eigenvalue weighted by Gasteiger charge is 2.22. The topological polar surface area (TPSA) is 77.0 Å². The van der Waals surface area contributed by atoms with Crippen LogP contribution in [0, 0.1) is 0 Å². The largest absolute Gasteiger partial charge is 0.497 e. The molecule has 0 spiro atoms. The number of hydrogen-bond donors (Lipinski definition) is 0. The van der Waals surface area contributed by atoms with Crippen LogP contribution in [0.1, 0.15) is 0 Å². The molecule has 166 valence electrons. The fourth-order valence-electron chi connectivity index (χ4n) is 3.59. The van der Waals surface area contributed by atoms with Gasteiger partial charge in [0.05, 0.1) is 19.9 Å². The van der Waals surface area contributed by atoms with Crippen LogP contribution in [-0.4, -0.2) is 68.0 Å². The predicted octanol–water partition coefficient (Wildman–Crippen LogP) is 2.89. The first-order chi connectivity index (χ1) is 15.7. The molecule has 2 aromatic carbocycles. The summed E-state index contributed by atoms with van der Waals surface area (Å²) in [5.74, 6) is 2.90. The van der Waals surface area contributed by atoms with Gasteiger partial charge in [-0.3, -0.25) is 4.79 Å². The fraction of sp³-hybridized carbons (Fsp3) is 0.292. The van der Waals surface area contributed by atoms with Crippen LogP contribution in [0.15, 0.2) is 60.7 Å². The molecule has 1 saturated heterocycles. The van der Waals surface area contributed by atoms with Gasteiger partial charge in [0, 0.05) is 31.7 Å². The van der Waals surface area contributed by atoms with Crippen molar-refractivity contribution in [2.45, 2.75) is 0 Å². The number of anilines is 1. The Bertz CT molecular complexity index is 1040. The molecule has 0 bridgehead atoms. The Morgan fingerprint density at radius 2 is 1.66 bits per heavy atom. The molecular weight excluding hydrogens is 408 g/mol. The maximum Gasteiger partial charge on any atom is 0.260 e. The van der Waals surface area contributed by atoms with Crippen LogP contribution >= 0.6 is 0 Å². The van der Waals surface area contributed by atoms with Crippen molar-refractivity contribution < 1.29 is 19.0 Å². The zero-order chi connectivity index (χ0) is 22.3. The van der Waals surface area contributed by atoms with Crippen LogP contribution in [-0.2, 0) is 4.79 Å². The summed E-state index contributed by atoms with van der Waals surface area (Å²) in [5, 5.41) is 8.80. The molecule has 1 fully saturated rings. The lowest BCUT2D eigenvalue weighted by Crippen LogP contribution is -2.50. The Hall–Kier alpha value is -3.81. The molecule has 8 heteroatoms. The lowest BCUT2D eigenvalue weighted by atomic mass is 10.1. The summed E-state index contributed by atoms with van der Waals surface area (Å²) in [5.41, 5.74) is 1.52. The van der Waals surface area contributed by atoms with Gasteiger partial charge < -0.3 is 24.0 Å². The summed E-state index contributed by atoms with van der Waals surface area (Å²) in [6, 6.07) is 18.8. The molecule has 0 unspecified atom stereocenters. The minimum atomic E-state index is -0.0138. The molecule has 32 heavy (non-hydrogen) atoms. The molecule has 8 nitrogen and oxygen atoms in total. The Kier molecular flexibility index (Phi) is 6.69. The standard InChI is InChI=1S/C24H26N4O4/c1-30-19-8-10-22(31-2)20(16-19)21-9-11-23(26-25-21)27-12-14-28(15-13-27)24(29)17-32-18-6-4-3-5-7-18/h3-11,16H,12-15,17H2,1-2H3. The van der Waals surface area contributed by atoms with Crippen molar-refractivity contribution in [2.75, 3.05) is 51.9 Å². The Morgan fingerprint density at radius 1 is 0.875 bits per heavy atom. The highest BCUT2D eigenvalue weighted by Crippen LogP contribution is 2.32. The van der Waals surface area contributed by atoms with E-state index < -0.39 is 0 Å². The van der Waals surface area contributed by atoms with Gasteiger partial charge in [-0.05, 0) is 42.5 Å². The number of benzene rings is 2. The van der Waals surface area contributed by atoms with Gasteiger partial charge in [0.25, 0.3) is 5.91 Å². The van der Waals surface area contributed by atoms with E-state index in [1.54, 1.807) is 14.2 Å². The van der Waals surface area contributed by atoms with Crippen molar-refractivity contribution in [3.8, 4) is 28.5 Å². The SMILES string of the molecule is COc1ccc(OC)c(-c2ccc(N3CCN(C(=O)COc4ccccc4)CC3)nn2)c1. The van der Waals surface area contributed by atoms with Crippen molar-refractivity contribution in [3.05, 3.63) is 60.7 Å². The summed E-state index contributed by atoms with van der Waals surface area (Å²) < 4.78 is 16.3. The average molecular weight is 434 g/mol. The Morgan fingerprint density at radius 3 is 2.31 bits per heavy atom. The van der Waals surface area contributed by atoms with E-state index in [-0.39, 0.29) is 12.5 Å².